The third-order valence-corrected chi connectivity index (χ3v) is 5.17. The van der Waals surface area contributed by atoms with E-state index in [1.807, 2.05) is 6.07 Å². The Balaban J connectivity index is 1.47. The van der Waals surface area contributed by atoms with Crippen LogP contribution in [0.3, 0.4) is 0 Å². The van der Waals surface area contributed by atoms with Gasteiger partial charge < -0.3 is 19.7 Å². The highest BCUT2D eigenvalue weighted by atomic mass is 16.7. The highest BCUT2D eigenvalue weighted by Gasteiger charge is 2.26. The number of hydrogen-bond donors (Lipinski definition) is 1. The molecule has 1 saturated heterocycles. The largest absolute Gasteiger partial charge is 0.454 e. The van der Waals surface area contributed by atoms with Crippen LogP contribution in [0.4, 0.5) is 0 Å². The van der Waals surface area contributed by atoms with Crippen LogP contribution < -0.4 is 14.8 Å². The van der Waals surface area contributed by atoms with E-state index in [0.717, 1.165) is 49.7 Å². The van der Waals surface area contributed by atoms with Gasteiger partial charge in [-0.2, -0.15) is 0 Å². The molecule has 0 spiro atoms. The quantitative estimate of drug-likeness (QED) is 0.903. The lowest BCUT2D eigenvalue weighted by Gasteiger charge is -2.25. The van der Waals surface area contributed by atoms with Gasteiger partial charge in [-0.15, -0.1) is 0 Å². The van der Waals surface area contributed by atoms with E-state index in [1.54, 1.807) is 0 Å². The van der Waals surface area contributed by atoms with Gasteiger partial charge in [0.1, 0.15) is 0 Å². The van der Waals surface area contributed by atoms with Crippen molar-refractivity contribution in [2.45, 2.75) is 32.1 Å². The average molecular weight is 316 g/mol. The van der Waals surface area contributed by atoms with Crippen LogP contribution in [-0.4, -0.2) is 43.8 Å². The third-order valence-electron chi connectivity index (χ3n) is 5.17. The summed E-state index contributed by atoms with van der Waals surface area (Å²) in [5.41, 5.74) is 2.32. The van der Waals surface area contributed by atoms with Gasteiger partial charge in [-0.3, -0.25) is 4.79 Å². The van der Waals surface area contributed by atoms with E-state index in [2.05, 4.69) is 16.3 Å². The first-order valence-electron chi connectivity index (χ1n) is 8.69. The Kier molecular flexibility index (Phi) is 4.12. The van der Waals surface area contributed by atoms with Crippen LogP contribution in [0.15, 0.2) is 12.1 Å². The summed E-state index contributed by atoms with van der Waals surface area (Å²) in [6, 6.07) is 4.05. The second-order valence-corrected chi connectivity index (χ2v) is 6.81. The Morgan fingerprint density at radius 2 is 2.00 bits per heavy atom. The van der Waals surface area contributed by atoms with Crippen LogP contribution in [0, 0.1) is 5.92 Å². The van der Waals surface area contributed by atoms with Crippen molar-refractivity contribution in [2.24, 2.45) is 5.92 Å². The van der Waals surface area contributed by atoms with E-state index < -0.39 is 0 Å². The zero-order chi connectivity index (χ0) is 15.6. The maximum atomic E-state index is 12.7. The maximum Gasteiger partial charge on any atom is 0.231 e. The molecule has 5 heteroatoms. The van der Waals surface area contributed by atoms with E-state index in [0.29, 0.717) is 12.3 Å². The molecule has 0 radical (unpaired) electrons. The summed E-state index contributed by atoms with van der Waals surface area (Å²) in [6.45, 7) is 4.12. The molecule has 0 aromatic heterocycles. The summed E-state index contributed by atoms with van der Waals surface area (Å²) >= 11 is 0. The van der Waals surface area contributed by atoms with Crippen molar-refractivity contribution >= 4 is 5.91 Å². The number of nitrogens with zero attached hydrogens (tertiary/aromatic N) is 1. The molecule has 1 fully saturated rings. The molecule has 4 rings (SSSR count). The van der Waals surface area contributed by atoms with Gasteiger partial charge >= 0.3 is 0 Å². The van der Waals surface area contributed by atoms with Crippen LogP contribution in [0.2, 0.25) is 0 Å². The van der Waals surface area contributed by atoms with Crippen molar-refractivity contribution in [1.29, 1.82) is 0 Å². The first-order chi connectivity index (χ1) is 11.3. The standard InChI is InChI=1S/C18H24N2O3/c21-18-9-15-8-17-16(22-12-23-17)7-14(15)4-6-20(18)11-13-3-1-2-5-19-10-13/h7-8,13,19H,1-6,9-12H2. The van der Waals surface area contributed by atoms with Crippen LogP contribution in [0.1, 0.15) is 30.4 Å². The van der Waals surface area contributed by atoms with Crippen LogP contribution in [0.25, 0.3) is 0 Å². The third kappa shape index (κ3) is 3.15. The molecule has 124 valence electrons. The number of benzene rings is 1. The zero-order valence-electron chi connectivity index (χ0n) is 13.5. The van der Waals surface area contributed by atoms with Gasteiger partial charge in [0.05, 0.1) is 6.42 Å². The predicted octanol–water partition coefficient (Wildman–Crippen LogP) is 1.73. The molecule has 1 aromatic rings. The molecule has 5 nitrogen and oxygen atoms in total. The molecule has 3 aliphatic heterocycles. The van der Waals surface area contributed by atoms with Crippen LogP contribution in [0.5, 0.6) is 11.5 Å². The number of amides is 1. The molecule has 23 heavy (non-hydrogen) atoms. The molecule has 0 saturated carbocycles. The fourth-order valence-electron chi connectivity index (χ4n) is 3.83. The van der Waals surface area contributed by atoms with Gasteiger partial charge in [-0.1, -0.05) is 6.42 Å². The SMILES string of the molecule is O=C1Cc2cc3c(cc2CCN1CC1CCCCNC1)OCO3. The Morgan fingerprint density at radius 3 is 2.87 bits per heavy atom. The van der Waals surface area contributed by atoms with Gasteiger partial charge in [-0.25, -0.2) is 0 Å². The Morgan fingerprint density at radius 1 is 1.17 bits per heavy atom. The first-order valence-corrected chi connectivity index (χ1v) is 8.69. The predicted molar refractivity (Wildman–Crippen MR) is 86.8 cm³/mol. The van der Waals surface area contributed by atoms with Crippen molar-refractivity contribution < 1.29 is 14.3 Å². The van der Waals surface area contributed by atoms with Gasteiger partial charge in [-0.05, 0) is 61.5 Å². The summed E-state index contributed by atoms with van der Waals surface area (Å²) in [6.07, 6.45) is 5.12. The monoisotopic (exact) mass is 316 g/mol. The number of carbonyl (C=O) groups is 1. The van der Waals surface area contributed by atoms with E-state index in [9.17, 15) is 4.79 Å². The minimum atomic E-state index is 0.242. The highest BCUT2D eigenvalue weighted by Crippen LogP contribution is 2.36. The lowest BCUT2D eigenvalue weighted by Crippen LogP contribution is -2.38. The van der Waals surface area contributed by atoms with Crippen molar-refractivity contribution in [3.8, 4) is 11.5 Å². The molecule has 1 aromatic carbocycles. The molecule has 3 aliphatic rings. The lowest BCUT2D eigenvalue weighted by molar-refractivity contribution is -0.130. The second kappa shape index (κ2) is 6.40. The van der Waals surface area contributed by atoms with Crippen molar-refractivity contribution in [3.63, 3.8) is 0 Å². The molecular formula is C18H24N2O3. The molecular weight excluding hydrogens is 292 g/mol. The molecule has 1 N–H and O–H groups in total. The highest BCUT2D eigenvalue weighted by molar-refractivity contribution is 5.80. The molecule has 1 amide bonds. The van der Waals surface area contributed by atoms with Gasteiger partial charge in [0.15, 0.2) is 11.5 Å². The van der Waals surface area contributed by atoms with Gasteiger partial charge in [0.25, 0.3) is 0 Å². The molecule has 3 heterocycles. The minimum absolute atomic E-state index is 0.242. The van der Waals surface area contributed by atoms with Crippen molar-refractivity contribution in [2.75, 3.05) is 33.0 Å². The number of carbonyl (C=O) groups excluding carboxylic acids is 1. The fourth-order valence-corrected chi connectivity index (χ4v) is 3.83. The van der Waals surface area contributed by atoms with Crippen LogP contribution in [-0.2, 0) is 17.6 Å². The molecule has 1 unspecified atom stereocenters. The summed E-state index contributed by atoms with van der Waals surface area (Å²) < 4.78 is 10.9. The normalized spacial score (nSPS) is 24.1. The van der Waals surface area contributed by atoms with E-state index in [-0.39, 0.29) is 12.7 Å². The summed E-state index contributed by atoms with van der Waals surface area (Å²) in [5, 5.41) is 3.49. The second-order valence-electron chi connectivity index (χ2n) is 6.81. The average Bonchev–Trinajstić information content (AvgIpc) is 2.76. The van der Waals surface area contributed by atoms with Crippen molar-refractivity contribution in [1.82, 2.24) is 10.2 Å². The number of fused-ring (bicyclic) bond motifs is 2. The van der Waals surface area contributed by atoms with E-state index in [1.165, 1.54) is 24.8 Å². The maximum absolute atomic E-state index is 12.7. The molecule has 0 bridgehead atoms. The number of ether oxygens (including phenoxy) is 2. The van der Waals surface area contributed by atoms with E-state index >= 15 is 0 Å². The fraction of sp³-hybridized carbons (Fsp3) is 0.611. The molecule has 0 aliphatic carbocycles. The number of hydrogen-bond acceptors (Lipinski definition) is 4. The Bertz CT molecular complexity index is 594. The topological polar surface area (TPSA) is 50.8 Å². The minimum Gasteiger partial charge on any atom is -0.454 e. The first kappa shape index (κ1) is 14.8. The Hall–Kier alpha value is -1.75. The van der Waals surface area contributed by atoms with Crippen molar-refractivity contribution in [3.05, 3.63) is 23.3 Å². The summed E-state index contributed by atoms with van der Waals surface area (Å²) in [7, 11) is 0. The van der Waals surface area contributed by atoms with Gasteiger partial charge in [0, 0.05) is 13.1 Å². The lowest BCUT2D eigenvalue weighted by atomic mass is 10.0. The molecule has 1 atom stereocenters. The summed E-state index contributed by atoms with van der Waals surface area (Å²) in [5.74, 6) is 2.42. The van der Waals surface area contributed by atoms with Gasteiger partial charge in [0.2, 0.25) is 12.7 Å². The zero-order valence-corrected chi connectivity index (χ0v) is 13.5. The van der Waals surface area contributed by atoms with E-state index in [4.69, 9.17) is 9.47 Å². The summed E-state index contributed by atoms with van der Waals surface area (Å²) in [4.78, 5) is 14.7. The number of rotatable bonds is 2. The smallest absolute Gasteiger partial charge is 0.231 e. The number of nitrogens with one attached hydrogen (secondary N) is 1. The van der Waals surface area contributed by atoms with Crippen LogP contribution >= 0.6 is 0 Å². The Labute approximate surface area is 136 Å².